The summed E-state index contributed by atoms with van der Waals surface area (Å²) in [6.07, 6.45) is 1.85. The Bertz CT molecular complexity index is 865. The molecule has 0 unspecified atom stereocenters. The lowest BCUT2D eigenvalue weighted by atomic mass is 9.78. The summed E-state index contributed by atoms with van der Waals surface area (Å²) in [7, 11) is 0. The molecule has 0 aromatic heterocycles. The quantitative estimate of drug-likeness (QED) is 0.327. The average Bonchev–Trinajstić information content (AvgIpc) is 3.01. The van der Waals surface area contributed by atoms with Gasteiger partial charge in [0.1, 0.15) is 0 Å². The molecule has 0 radical (unpaired) electrons. The van der Waals surface area contributed by atoms with Crippen LogP contribution in [0.4, 0.5) is 0 Å². The predicted octanol–water partition coefficient (Wildman–Crippen LogP) is 3.81. The topological polar surface area (TPSA) is 81.8 Å². The molecule has 0 saturated carbocycles. The highest BCUT2D eigenvalue weighted by molar-refractivity contribution is 6.30. The van der Waals surface area contributed by atoms with Crippen molar-refractivity contribution in [2.45, 2.75) is 24.8 Å². The summed E-state index contributed by atoms with van der Waals surface area (Å²) in [5.74, 6) is -1.24. The zero-order chi connectivity index (χ0) is 19.4. The molecule has 6 nitrogen and oxygen atoms in total. The van der Waals surface area contributed by atoms with Gasteiger partial charge < -0.3 is 4.74 Å². The highest BCUT2D eigenvalue weighted by Crippen LogP contribution is 2.39. The van der Waals surface area contributed by atoms with Crippen molar-refractivity contribution in [3.8, 4) is 0 Å². The van der Waals surface area contributed by atoms with E-state index in [4.69, 9.17) is 16.3 Å². The van der Waals surface area contributed by atoms with Crippen LogP contribution in [0.3, 0.4) is 0 Å². The van der Waals surface area contributed by atoms with Gasteiger partial charge in [0.15, 0.2) is 5.54 Å². The van der Waals surface area contributed by atoms with Crippen LogP contribution in [-0.4, -0.2) is 35.8 Å². The summed E-state index contributed by atoms with van der Waals surface area (Å²) >= 11 is 5.90. The van der Waals surface area contributed by atoms with Gasteiger partial charge in [0.05, 0.1) is 12.5 Å². The van der Waals surface area contributed by atoms with Crippen LogP contribution in [0.5, 0.6) is 0 Å². The number of benzene rings is 2. The van der Waals surface area contributed by atoms with Gasteiger partial charge in [0.2, 0.25) is 6.54 Å². The Kier molecular flexibility index (Phi) is 5.56. The molecule has 0 N–H and O–H groups in total. The third-order valence-corrected chi connectivity index (χ3v) is 5.02. The first kappa shape index (κ1) is 19.0. The fraction of sp³-hybridized carbons (Fsp3) is 0.300. The van der Waals surface area contributed by atoms with Gasteiger partial charge >= 0.3 is 5.97 Å². The number of aryl methyl sites for hydroxylation is 1. The minimum absolute atomic E-state index is 0.191. The van der Waals surface area contributed by atoms with Crippen molar-refractivity contribution in [3.05, 3.63) is 80.4 Å². The normalized spacial score (nSPS) is 20.6. The zero-order valence-electron chi connectivity index (χ0n) is 14.8. The Morgan fingerprint density at radius 1 is 1.26 bits per heavy atom. The molecule has 0 amide bonds. The highest BCUT2D eigenvalue weighted by atomic mass is 35.5. The largest absolute Gasteiger partial charge is 0.464 e. The first-order valence-corrected chi connectivity index (χ1v) is 8.95. The summed E-state index contributed by atoms with van der Waals surface area (Å²) in [5.41, 5.74) is 1.17. The van der Waals surface area contributed by atoms with Gasteiger partial charge in [0, 0.05) is 22.6 Å². The van der Waals surface area contributed by atoms with E-state index < -0.39 is 28.9 Å². The van der Waals surface area contributed by atoms with Crippen molar-refractivity contribution in [2.24, 2.45) is 4.99 Å². The van der Waals surface area contributed by atoms with Crippen molar-refractivity contribution in [1.29, 1.82) is 0 Å². The van der Waals surface area contributed by atoms with Crippen LogP contribution in [0, 0.1) is 17.0 Å². The second-order valence-corrected chi connectivity index (χ2v) is 7.03. The van der Waals surface area contributed by atoms with Crippen molar-refractivity contribution in [3.63, 3.8) is 0 Å². The lowest BCUT2D eigenvalue weighted by Gasteiger charge is -2.28. The van der Waals surface area contributed by atoms with Crippen molar-refractivity contribution < 1.29 is 14.5 Å². The second-order valence-electron chi connectivity index (χ2n) is 6.60. The number of hydrogen-bond acceptors (Lipinski definition) is 5. The van der Waals surface area contributed by atoms with E-state index in [1.165, 1.54) is 0 Å². The lowest BCUT2D eigenvalue weighted by molar-refractivity contribution is -0.484. The minimum Gasteiger partial charge on any atom is -0.464 e. The fourth-order valence-corrected chi connectivity index (χ4v) is 3.39. The van der Waals surface area contributed by atoms with E-state index in [1.807, 2.05) is 31.2 Å². The Balaban J connectivity index is 2.04. The molecule has 2 aromatic rings. The Morgan fingerprint density at radius 3 is 2.48 bits per heavy atom. The predicted molar refractivity (Wildman–Crippen MR) is 103 cm³/mol. The zero-order valence-corrected chi connectivity index (χ0v) is 15.6. The van der Waals surface area contributed by atoms with E-state index in [0.29, 0.717) is 17.0 Å². The molecule has 2 atom stereocenters. The Morgan fingerprint density at radius 2 is 1.93 bits per heavy atom. The van der Waals surface area contributed by atoms with Gasteiger partial charge in [-0.25, -0.2) is 4.79 Å². The summed E-state index contributed by atoms with van der Waals surface area (Å²) in [5, 5.41) is 11.9. The average molecular weight is 387 g/mol. The summed E-state index contributed by atoms with van der Waals surface area (Å²) in [6, 6.07) is 14.4. The van der Waals surface area contributed by atoms with E-state index >= 15 is 0 Å². The number of carbonyl (C=O) groups is 1. The maximum absolute atomic E-state index is 12.7. The molecule has 27 heavy (non-hydrogen) atoms. The minimum atomic E-state index is -1.32. The Labute approximate surface area is 162 Å². The number of aliphatic imine (C=N–C) groups is 1. The number of cyclic esters (lactones) is 1. The third kappa shape index (κ3) is 4.17. The summed E-state index contributed by atoms with van der Waals surface area (Å²) in [6.45, 7) is 1.72. The number of esters is 1. The van der Waals surface area contributed by atoms with Gasteiger partial charge in [-0.05, 0) is 30.2 Å². The molecule has 1 aliphatic heterocycles. The molecule has 3 rings (SSSR count). The van der Waals surface area contributed by atoms with Crippen LogP contribution < -0.4 is 0 Å². The van der Waals surface area contributed by atoms with Gasteiger partial charge in [0.25, 0.3) is 0 Å². The molecular formula is C20H19ClN2O4. The molecule has 0 bridgehead atoms. The number of ether oxygens (including phenoxy) is 1. The van der Waals surface area contributed by atoms with E-state index in [2.05, 4.69) is 4.99 Å². The second kappa shape index (κ2) is 7.88. The maximum atomic E-state index is 12.7. The number of carbonyl (C=O) groups excluding carboxylic acids is 1. The standard InChI is InChI=1S/C20H19ClN2O4/c1-14-2-6-16(7-3-14)18(13-23(25)26)20(10-11-27-19(20)24)22-12-15-4-8-17(21)9-5-15/h2-9,12,18H,10-11,13H2,1H3/t18-,20+/m0/s1. The van der Waals surface area contributed by atoms with Gasteiger partial charge in [-0.2, -0.15) is 0 Å². The fourth-order valence-electron chi connectivity index (χ4n) is 3.27. The molecule has 140 valence electrons. The highest BCUT2D eigenvalue weighted by Gasteiger charge is 2.53. The van der Waals surface area contributed by atoms with Gasteiger partial charge in [-0.3, -0.25) is 15.1 Å². The molecular weight excluding hydrogens is 368 g/mol. The third-order valence-electron chi connectivity index (χ3n) is 4.77. The van der Waals surface area contributed by atoms with E-state index in [0.717, 1.165) is 11.1 Å². The van der Waals surface area contributed by atoms with Crippen LogP contribution in [0.25, 0.3) is 0 Å². The van der Waals surface area contributed by atoms with Crippen molar-refractivity contribution >= 4 is 23.8 Å². The smallest absolute Gasteiger partial charge is 0.335 e. The SMILES string of the molecule is Cc1ccc([C@H](C[N+](=O)[O-])[C@]2(N=Cc3ccc(Cl)cc3)CCOC2=O)cc1. The van der Waals surface area contributed by atoms with Crippen molar-refractivity contribution in [2.75, 3.05) is 13.2 Å². The van der Waals surface area contributed by atoms with E-state index in [-0.39, 0.29) is 6.61 Å². The first-order valence-electron chi connectivity index (χ1n) is 8.57. The van der Waals surface area contributed by atoms with Crippen LogP contribution in [0.1, 0.15) is 29.0 Å². The molecule has 0 spiro atoms. The summed E-state index contributed by atoms with van der Waals surface area (Å²) < 4.78 is 5.19. The van der Waals surface area contributed by atoms with Gasteiger partial charge in [-0.1, -0.05) is 53.6 Å². The van der Waals surface area contributed by atoms with E-state index in [9.17, 15) is 14.9 Å². The van der Waals surface area contributed by atoms with Crippen LogP contribution in [0.15, 0.2) is 53.5 Å². The van der Waals surface area contributed by atoms with Crippen molar-refractivity contribution in [1.82, 2.24) is 0 Å². The molecule has 1 aliphatic rings. The maximum Gasteiger partial charge on any atom is 0.335 e. The van der Waals surface area contributed by atoms with Crippen LogP contribution in [-0.2, 0) is 9.53 Å². The number of hydrogen-bond donors (Lipinski definition) is 0. The van der Waals surface area contributed by atoms with Crippen LogP contribution >= 0.6 is 11.6 Å². The van der Waals surface area contributed by atoms with Gasteiger partial charge in [-0.15, -0.1) is 0 Å². The molecule has 2 aromatic carbocycles. The lowest BCUT2D eigenvalue weighted by Crippen LogP contribution is -2.42. The first-order chi connectivity index (χ1) is 12.9. The Hall–Kier alpha value is -2.73. The van der Waals surface area contributed by atoms with E-state index in [1.54, 1.807) is 30.5 Å². The molecule has 1 heterocycles. The van der Waals surface area contributed by atoms with Crippen LogP contribution in [0.2, 0.25) is 5.02 Å². The number of rotatable bonds is 6. The molecule has 0 aliphatic carbocycles. The molecule has 1 saturated heterocycles. The molecule has 1 fully saturated rings. The number of nitro groups is 1. The monoisotopic (exact) mass is 386 g/mol. The molecule has 7 heteroatoms. The number of nitrogens with zero attached hydrogens (tertiary/aromatic N) is 2. The number of halogens is 1. The summed E-state index contributed by atoms with van der Waals surface area (Å²) in [4.78, 5) is 28.1.